The molecule has 3 rings (SSSR count). The highest BCUT2D eigenvalue weighted by Gasteiger charge is 2.15. The Morgan fingerprint density at radius 1 is 1.21 bits per heavy atom. The molecule has 0 atom stereocenters. The SMILES string of the molecule is Fc1cccc2ncnc(NCCC3CCCC3)c12. The van der Waals surface area contributed by atoms with Crippen LogP contribution in [0.1, 0.15) is 32.1 Å². The number of aromatic nitrogens is 2. The van der Waals surface area contributed by atoms with Crippen molar-refractivity contribution in [3.63, 3.8) is 0 Å². The Morgan fingerprint density at radius 2 is 2.05 bits per heavy atom. The van der Waals surface area contributed by atoms with E-state index in [-0.39, 0.29) is 5.82 Å². The standard InChI is InChI=1S/C15H18FN3/c16-12-6-3-7-13-14(12)15(19-10-18-13)17-9-8-11-4-1-2-5-11/h3,6-7,10-11H,1-2,4-5,8-9H2,(H,17,18,19). The predicted molar refractivity (Wildman–Crippen MR) is 74.6 cm³/mol. The van der Waals surface area contributed by atoms with E-state index < -0.39 is 0 Å². The molecule has 1 heterocycles. The highest BCUT2D eigenvalue weighted by Crippen LogP contribution is 2.28. The van der Waals surface area contributed by atoms with Gasteiger partial charge in [0.15, 0.2) is 0 Å². The van der Waals surface area contributed by atoms with Gasteiger partial charge in [0.25, 0.3) is 0 Å². The molecule has 1 fully saturated rings. The van der Waals surface area contributed by atoms with Crippen molar-refractivity contribution in [2.45, 2.75) is 32.1 Å². The van der Waals surface area contributed by atoms with Crippen molar-refractivity contribution in [3.05, 3.63) is 30.3 Å². The van der Waals surface area contributed by atoms with E-state index in [9.17, 15) is 4.39 Å². The average molecular weight is 259 g/mol. The summed E-state index contributed by atoms with van der Waals surface area (Å²) in [6.45, 7) is 0.852. The quantitative estimate of drug-likeness (QED) is 0.908. The van der Waals surface area contributed by atoms with Crippen LogP contribution in [0.5, 0.6) is 0 Å². The molecule has 19 heavy (non-hydrogen) atoms. The molecule has 1 aliphatic carbocycles. The fourth-order valence-electron chi connectivity index (χ4n) is 2.90. The Hall–Kier alpha value is -1.71. The smallest absolute Gasteiger partial charge is 0.140 e. The first-order valence-electron chi connectivity index (χ1n) is 6.97. The van der Waals surface area contributed by atoms with Gasteiger partial charge in [-0.05, 0) is 24.5 Å². The number of hydrogen-bond acceptors (Lipinski definition) is 3. The first-order valence-corrected chi connectivity index (χ1v) is 6.97. The van der Waals surface area contributed by atoms with Crippen LogP contribution < -0.4 is 5.32 Å². The van der Waals surface area contributed by atoms with Crippen molar-refractivity contribution in [2.75, 3.05) is 11.9 Å². The summed E-state index contributed by atoms with van der Waals surface area (Å²) in [6.07, 6.45) is 8.01. The second-order valence-electron chi connectivity index (χ2n) is 5.22. The van der Waals surface area contributed by atoms with E-state index in [0.717, 1.165) is 18.9 Å². The Labute approximate surface area is 112 Å². The van der Waals surface area contributed by atoms with Gasteiger partial charge in [-0.15, -0.1) is 0 Å². The maximum Gasteiger partial charge on any atom is 0.140 e. The van der Waals surface area contributed by atoms with Crippen LogP contribution >= 0.6 is 0 Å². The number of nitrogens with one attached hydrogen (secondary N) is 1. The fourth-order valence-corrected chi connectivity index (χ4v) is 2.90. The molecule has 1 aliphatic rings. The summed E-state index contributed by atoms with van der Waals surface area (Å²) in [5, 5.41) is 3.76. The van der Waals surface area contributed by atoms with Gasteiger partial charge in [0.2, 0.25) is 0 Å². The van der Waals surface area contributed by atoms with E-state index in [0.29, 0.717) is 16.7 Å². The van der Waals surface area contributed by atoms with E-state index in [1.165, 1.54) is 38.1 Å². The Balaban J connectivity index is 1.73. The minimum absolute atomic E-state index is 0.263. The zero-order valence-electron chi connectivity index (χ0n) is 10.9. The number of halogens is 1. The number of nitrogens with zero attached hydrogens (tertiary/aromatic N) is 2. The number of rotatable bonds is 4. The first kappa shape index (κ1) is 12.3. The molecular weight excluding hydrogens is 241 g/mol. The van der Waals surface area contributed by atoms with Crippen molar-refractivity contribution in [1.29, 1.82) is 0 Å². The Kier molecular flexibility index (Phi) is 3.58. The van der Waals surface area contributed by atoms with Crippen molar-refractivity contribution in [3.8, 4) is 0 Å². The minimum atomic E-state index is -0.263. The van der Waals surface area contributed by atoms with Crippen LogP contribution in [0.3, 0.4) is 0 Å². The van der Waals surface area contributed by atoms with E-state index >= 15 is 0 Å². The van der Waals surface area contributed by atoms with Crippen LogP contribution in [0, 0.1) is 11.7 Å². The summed E-state index contributed by atoms with van der Waals surface area (Å²) in [4.78, 5) is 8.27. The highest BCUT2D eigenvalue weighted by molar-refractivity contribution is 5.89. The molecule has 0 radical (unpaired) electrons. The van der Waals surface area contributed by atoms with E-state index in [1.807, 2.05) is 6.07 Å². The topological polar surface area (TPSA) is 37.8 Å². The fraction of sp³-hybridized carbons (Fsp3) is 0.467. The highest BCUT2D eigenvalue weighted by atomic mass is 19.1. The maximum atomic E-state index is 13.9. The lowest BCUT2D eigenvalue weighted by Gasteiger charge is -2.11. The normalized spacial score (nSPS) is 16.1. The second kappa shape index (κ2) is 5.51. The lowest BCUT2D eigenvalue weighted by Crippen LogP contribution is -2.08. The van der Waals surface area contributed by atoms with Gasteiger partial charge in [0.1, 0.15) is 18.0 Å². The third-order valence-electron chi connectivity index (χ3n) is 3.93. The number of fused-ring (bicyclic) bond motifs is 1. The predicted octanol–water partition coefficient (Wildman–Crippen LogP) is 3.76. The number of anilines is 1. The first-order chi connectivity index (χ1) is 9.34. The molecule has 0 aliphatic heterocycles. The molecule has 0 bridgehead atoms. The number of hydrogen-bond donors (Lipinski definition) is 1. The Morgan fingerprint density at radius 3 is 2.89 bits per heavy atom. The van der Waals surface area contributed by atoms with Crippen LogP contribution in [-0.4, -0.2) is 16.5 Å². The van der Waals surface area contributed by atoms with E-state index in [2.05, 4.69) is 15.3 Å². The molecule has 0 unspecified atom stereocenters. The third kappa shape index (κ3) is 2.67. The zero-order chi connectivity index (χ0) is 13.1. The second-order valence-corrected chi connectivity index (χ2v) is 5.22. The van der Waals surface area contributed by atoms with Crippen molar-refractivity contribution in [2.24, 2.45) is 5.92 Å². The minimum Gasteiger partial charge on any atom is -0.369 e. The van der Waals surface area contributed by atoms with Crippen molar-refractivity contribution in [1.82, 2.24) is 9.97 Å². The van der Waals surface area contributed by atoms with Crippen molar-refractivity contribution < 1.29 is 4.39 Å². The van der Waals surface area contributed by atoms with Crippen LogP contribution in [0.2, 0.25) is 0 Å². The monoisotopic (exact) mass is 259 g/mol. The van der Waals surface area contributed by atoms with Crippen LogP contribution in [0.4, 0.5) is 10.2 Å². The third-order valence-corrected chi connectivity index (χ3v) is 3.93. The van der Waals surface area contributed by atoms with Crippen molar-refractivity contribution >= 4 is 16.7 Å². The van der Waals surface area contributed by atoms with Gasteiger partial charge in [-0.3, -0.25) is 0 Å². The van der Waals surface area contributed by atoms with Gasteiger partial charge in [-0.1, -0.05) is 31.7 Å². The average Bonchev–Trinajstić information content (AvgIpc) is 2.92. The summed E-state index contributed by atoms with van der Waals surface area (Å²) < 4.78 is 13.9. The molecule has 2 aromatic rings. The largest absolute Gasteiger partial charge is 0.369 e. The molecule has 3 nitrogen and oxygen atoms in total. The molecular formula is C15H18FN3. The molecule has 1 saturated carbocycles. The summed E-state index contributed by atoms with van der Waals surface area (Å²) in [5.74, 6) is 1.17. The Bertz CT molecular complexity index is 559. The summed E-state index contributed by atoms with van der Waals surface area (Å²) in [7, 11) is 0. The zero-order valence-corrected chi connectivity index (χ0v) is 10.9. The van der Waals surface area contributed by atoms with Gasteiger partial charge in [-0.25, -0.2) is 14.4 Å². The van der Waals surface area contributed by atoms with Gasteiger partial charge >= 0.3 is 0 Å². The molecule has 1 N–H and O–H groups in total. The number of benzene rings is 1. The summed E-state index contributed by atoms with van der Waals surface area (Å²) >= 11 is 0. The summed E-state index contributed by atoms with van der Waals surface area (Å²) in [5.41, 5.74) is 0.651. The molecule has 1 aromatic carbocycles. The molecule has 1 aromatic heterocycles. The molecule has 0 spiro atoms. The maximum absolute atomic E-state index is 13.9. The lowest BCUT2D eigenvalue weighted by atomic mass is 10.0. The van der Waals surface area contributed by atoms with Crippen LogP contribution in [0.15, 0.2) is 24.5 Å². The summed E-state index contributed by atoms with van der Waals surface area (Å²) in [6, 6.07) is 4.93. The van der Waals surface area contributed by atoms with Crippen LogP contribution in [0.25, 0.3) is 10.9 Å². The van der Waals surface area contributed by atoms with E-state index in [1.54, 1.807) is 6.07 Å². The van der Waals surface area contributed by atoms with Gasteiger partial charge < -0.3 is 5.32 Å². The van der Waals surface area contributed by atoms with Gasteiger partial charge in [0.05, 0.1) is 10.9 Å². The van der Waals surface area contributed by atoms with Crippen LogP contribution in [-0.2, 0) is 0 Å². The molecule has 4 heteroatoms. The van der Waals surface area contributed by atoms with Gasteiger partial charge in [0, 0.05) is 6.54 Å². The molecule has 0 saturated heterocycles. The lowest BCUT2D eigenvalue weighted by molar-refractivity contribution is 0.518. The van der Waals surface area contributed by atoms with Gasteiger partial charge in [-0.2, -0.15) is 0 Å². The van der Waals surface area contributed by atoms with E-state index in [4.69, 9.17) is 0 Å². The molecule has 100 valence electrons. The molecule has 0 amide bonds.